The largest absolute Gasteiger partial charge is 0.454 e. The number of halogens is 3. The van der Waals surface area contributed by atoms with Crippen molar-refractivity contribution in [1.29, 1.82) is 0 Å². The number of amides is 5. The molecule has 118 heavy (non-hydrogen) atoms. The first kappa shape index (κ1) is 90.3. The number of nitrogens with two attached hydrogens (primary N) is 1. The van der Waals surface area contributed by atoms with Crippen molar-refractivity contribution < 1.29 is 75.6 Å². The molecule has 2 aromatic carbocycles. The molecule has 0 unspecified atom stereocenters. The second-order valence-corrected chi connectivity index (χ2v) is 35.1. The first-order valence-corrected chi connectivity index (χ1v) is 41.7. The zero-order chi connectivity index (χ0) is 83.9. The van der Waals surface area contributed by atoms with Gasteiger partial charge in [0.2, 0.25) is 11.8 Å². The van der Waals surface area contributed by atoms with Crippen molar-refractivity contribution in [3.8, 4) is 44.1 Å². The molecular weight excluding hydrogens is 1570 g/mol. The molecule has 2 aliphatic heterocycles. The van der Waals surface area contributed by atoms with Crippen LogP contribution in [0.1, 0.15) is 137 Å². The van der Waals surface area contributed by atoms with Crippen molar-refractivity contribution in [2.75, 3.05) is 65.6 Å². The first-order chi connectivity index (χ1) is 55.8. The van der Waals surface area contributed by atoms with E-state index < -0.39 is 84.5 Å². The second-order valence-electron chi connectivity index (χ2n) is 33.0. The van der Waals surface area contributed by atoms with E-state index in [4.69, 9.17) is 39.4 Å². The fourth-order valence-electron chi connectivity index (χ4n) is 13.4. The molecule has 2 saturated heterocycles. The number of carbonyl (C=O) groups excluding carboxylic acids is 9. The Morgan fingerprint density at radius 2 is 0.890 bits per heavy atom. The molecule has 4 atom stereocenters. The molecule has 2 aliphatic carbocycles. The summed E-state index contributed by atoms with van der Waals surface area (Å²) < 4.78 is 59.8. The fourth-order valence-corrected chi connectivity index (χ4v) is 15.5. The van der Waals surface area contributed by atoms with Gasteiger partial charge >= 0.3 is 18.0 Å². The van der Waals surface area contributed by atoms with E-state index in [-0.39, 0.29) is 83.8 Å². The molecule has 31 heteroatoms. The maximum absolute atomic E-state index is 15.1. The number of benzene rings is 2. The average Bonchev–Trinajstić information content (AvgIpc) is 1.39. The van der Waals surface area contributed by atoms with E-state index in [2.05, 4.69) is 35.7 Å². The predicted molar refractivity (Wildman–Crippen MR) is 448 cm³/mol. The number of pyridine rings is 4. The number of hydrogen-bond acceptors (Lipinski definition) is 23. The summed E-state index contributed by atoms with van der Waals surface area (Å²) in [4.78, 5) is 142. The van der Waals surface area contributed by atoms with Gasteiger partial charge in [-0.05, 0) is 153 Å². The standard InChI is InChI=1S/C46H57FN6O8S.C41H49FN6O6S.ClH/c1-27(2)40(51-45(58)61-46(5,6)7)43(56)50-41(28(3)4)44(57)59-26-39(55)53-18-16-52(17-19-53)25-31-10-12-34(49-24-31)38-23-35-42(62-38)37(14-15-48-35)60-36-13-11-30(22-33(36)47)21-32(54)20-29-8-9-29;1-24(2)37(43)40(51)46-38(25(3)4)41(52)53-23-36(50)48-15-13-47(14-16-48)22-28-7-9-31(45-21-28)35-20-32-39(55-35)34(11-12-44-32)54-33-10-8-27(19-30(33)42)18-29(49)17-26-5-6-26;/h10-15,22-24,27-29,40-41H,8-9,16-21,25-26H2,1-7H3,(H,50,56)(H,51,58);7-12,19-21,24-26,37-38H,5-6,13-18,22-23,43H2,1-4H3,(H,46,51);1H/t40-,41-;37-,38-;/m00./s1. The lowest BCUT2D eigenvalue weighted by Crippen LogP contribution is -2.56. The second kappa shape index (κ2) is 41.1. The Morgan fingerprint density at radius 1 is 0.492 bits per heavy atom. The molecule has 2 saturated carbocycles. The van der Waals surface area contributed by atoms with Crippen LogP contribution in [0.4, 0.5) is 13.6 Å². The maximum atomic E-state index is 15.1. The normalized spacial score (nSPS) is 15.6. The van der Waals surface area contributed by atoms with E-state index in [9.17, 15) is 43.2 Å². The minimum absolute atomic E-state index is 0. The third-order valence-electron chi connectivity index (χ3n) is 20.6. The van der Waals surface area contributed by atoms with Gasteiger partial charge in [-0.2, -0.15) is 0 Å². The van der Waals surface area contributed by atoms with Crippen LogP contribution in [0.3, 0.4) is 0 Å². The van der Waals surface area contributed by atoms with Gasteiger partial charge in [0.15, 0.2) is 36.3 Å². The van der Waals surface area contributed by atoms with Crippen LogP contribution in [0.25, 0.3) is 41.6 Å². The summed E-state index contributed by atoms with van der Waals surface area (Å²) in [6.45, 7) is 24.3. The molecule has 5 amide bonds. The van der Waals surface area contributed by atoms with Crippen LogP contribution >= 0.6 is 35.1 Å². The molecule has 4 aliphatic rings. The average molecular weight is 1680 g/mol. The van der Waals surface area contributed by atoms with Crippen molar-refractivity contribution in [3.05, 3.63) is 144 Å². The highest BCUT2D eigenvalue weighted by Gasteiger charge is 2.36. The van der Waals surface area contributed by atoms with Crippen LogP contribution in [0.15, 0.2) is 110 Å². The van der Waals surface area contributed by atoms with Gasteiger partial charge in [0.1, 0.15) is 46.8 Å². The van der Waals surface area contributed by atoms with Gasteiger partial charge in [-0.3, -0.25) is 58.5 Å². The Labute approximate surface area is 700 Å². The van der Waals surface area contributed by atoms with Crippen LogP contribution in [0.5, 0.6) is 23.0 Å². The fraction of sp³-hybridized carbons (Fsp3) is 0.483. The highest BCUT2D eigenvalue weighted by molar-refractivity contribution is 7.23. The monoisotopic (exact) mass is 1680 g/mol. The number of nitrogens with zero attached hydrogens (tertiary/aromatic N) is 8. The molecule has 0 radical (unpaired) electrons. The van der Waals surface area contributed by atoms with Gasteiger partial charge in [-0.15, -0.1) is 35.1 Å². The van der Waals surface area contributed by atoms with Gasteiger partial charge in [-0.25, -0.2) is 23.2 Å². The lowest BCUT2D eigenvalue weighted by Gasteiger charge is -2.34. The van der Waals surface area contributed by atoms with E-state index in [1.807, 2.05) is 62.6 Å². The highest BCUT2D eigenvalue weighted by Crippen LogP contribution is 2.42. The Bertz CT molecular complexity index is 4860. The third-order valence-corrected chi connectivity index (χ3v) is 22.9. The summed E-state index contributed by atoms with van der Waals surface area (Å²) in [5, 5.41) is 7.95. The molecule has 6 aromatic heterocycles. The number of ketones is 2. The first-order valence-electron chi connectivity index (χ1n) is 40.1. The summed E-state index contributed by atoms with van der Waals surface area (Å²) in [6, 6.07) is 21.0. The molecule has 12 rings (SSSR count). The number of aromatic nitrogens is 4. The summed E-state index contributed by atoms with van der Waals surface area (Å²) in [5.74, 6) is -2.62. The Kier molecular flexibility index (Phi) is 31.5. The van der Waals surface area contributed by atoms with Crippen molar-refractivity contribution in [1.82, 2.24) is 55.5 Å². The van der Waals surface area contributed by atoms with Crippen LogP contribution in [0.2, 0.25) is 0 Å². The predicted octanol–water partition coefficient (Wildman–Crippen LogP) is 13.0. The zero-order valence-corrected chi connectivity index (χ0v) is 71.1. The number of hydrogen-bond donors (Lipinski definition) is 4. The van der Waals surface area contributed by atoms with Crippen LogP contribution in [-0.2, 0) is 78.5 Å². The lowest BCUT2D eigenvalue weighted by molar-refractivity contribution is -0.156. The van der Waals surface area contributed by atoms with Crippen LogP contribution in [0, 0.1) is 47.1 Å². The molecule has 5 N–H and O–H groups in total. The number of nitrogens with one attached hydrogen (secondary N) is 3. The molecule has 4 fully saturated rings. The third kappa shape index (κ3) is 25.8. The van der Waals surface area contributed by atoms with E-state index >= 15 is 8.78 Å². The highest BCUT2D eigenvalue weighted by atomic mass is 35.5. The van der Waals surface area contributed by atoms with E-state index in [1.54, 1.807) is 121 Å². The number of ether oxygens (including phenoxy) is 5. The molecule has 632 valence electrons. The number of esters is 2. The Balaban J connectivity index is 0.000000248. The quantitative estimate of drug-likeness (QED) is 0.0219. The minimum Gasteiger partial charge on any atom is -0.454 e. The molecule has 0 bridgehead atoms. The Hall–Kier alpha value is -9.98. The topological polar surface area (TPSA) is 326 Å². The molecule has 8 aromatic rings. The van der Waals surface area contributed by atoms with Crippen molar-refractivity contribution in [2.24, 2.45) is 41.2 Å². The number of fused-ring (bicyclic) bond motifs is 2. The minimum atomic E-state index is -1.03. The summed E-state index contributed by atoms with van der Waals surface area (Å²) >= 11 is 2.92. The zero-order valence-electron chi connectivity index (χ0n) is 68.7. The molecule has 8 heterocycles. The van der Waals surface area contributed by atoms with Crippen LogP contribution < -0.4 is 31.2 Å². The van der Waals surface area contributed by atoms with E-state index in [1.165, 1.54) is 34.8 Å². The van der Waals surface area contributed by atoms with Gasteiger partial charge < -0.3 is 55.2 Å². The van der Waals surface area contributed by atoms with Gasteiger partial charge in [0.25, 0.3) is 11.8 Å². The van der Waals surface area contributed by atoms with Gasteiger partial charge in [0.05, 0.1) is 47.6 Å². The van der Waals surface area contributed by atoms with Crippen LogP contribution in [-0.4, -0.2) is 188 Å². The Morgan fingerprint density at radius 3 is 1.25 bits per heavy atom. The number of carbonyl (C=O) groups is 9. The number of alkyl carbamates (subject to hydrolysis) is 1. The summed E-state index contributed by atoms with van der Waals surface area (Å²) in [5.41, 5.74) is 11.4. The van der Waals surface area contributed by atoms with E-state index in [0.29, 0.717) is 124 Å². The number of piperazine rings is 2. The summed E-state index contributed by atoms with van der Waals surface area (Å²) in [7, 11) is 0. The SMILES string of the molecule is CC(C)[C@H](N)C(=O)N[C@H](C(=O)OCC(=O)N1CCN(Cc2ccc(-c3cc4nccc(Oc5ccc(CC(=O)CC6CC6)cc5F)c4s3)nc2)CC1)C(C)C.CC(C)[C@H](NC(=O)OC(C)(C)C)C(=O)N[C@H](C(=O)OCC(=O)N1CCN(Cc2ccc(-c3cc4nccc(Oc5ccc(CC(=O)CC6CC6)cc5F)c4s3)nc2)CC1)C(C)C.Cl. The van der Waals surface area contributed by atoms with Gasteiger partial charge in [0, 0.05) is 128 Å². The number of Topliss-reactive ketones (excluding diaryl/α,β-unsaturated/α-hetero) is 2. The smallest absolute Gasteiger partial charge is 0.408 e. The maximum Gasteiger partial charge on any atom is 0.408 e. The summed E-state index contributed by atoms with van der Waals surface area (Å²) in [6.07, 6.45) is 12.2. The van der Waals surface area contributed by atoms with Gasteiger partial charge in [-0.1, -0.05) is 79.7 Å². The molecule has 0 spiro atoms. The van der Waals surface area contributed by atoms with E-state index in [0.717, 1.165) is 67.4 Å². The van der Waals surface area contributed by atoms with Crippen molar-refractivity contribution in [3.63, 3.8) is 0 Å². The van der Waals surface area contributed by atoms with Crippen molar-refractivity contribution in [2.45, 2.75) is 170 Å². The molecule has 26 nitrogen and oxygen atoms in total. The lowest BCUT2D eigenvalue weighted by atomic mass is 10.0. The number of thiophene rings is 2. The molecular formula is C87H107ClF2N12O14S2. The van der Waals surface area contributed by atoms with Crippen molar-refractivity contribution >= 4 is 109 Å². The number of rotatable bonds is 33.